The van der Waals surface area contributed by atoms with Gasteiger partial charge in [-0.05, 0) is 12.1 Å². The van der Waals surface area contributed by atoms with Crippen molar-refractivity contribution in [3.05, 3.63) is 52.5 Å². The number of hydrogen-bond donors (Lipinski definition) is 1. The lowest BCUT2D eigenvalue weighted by Gasteiger charge is -2.04. The molecule has 0 saturated carbocycles. The lowest BCUT2D eigenvalue weighted by molar-refractivity contribution is 0.458. The summed E-state index contributed by atoms with van der Waals surface area (Å²) in [6, 6.07) is 4.22. The second-order valence-electron chi connectivity index (χ2n) is 2.96. The highest BCUT2D eigenvalue weighted by Crippen LogP contribution is 2.20. The molecule has 16 heavy (non-hydrogen) atoms. The topological polar surface area (TPSA) is 55.0 Å². The summed E-state index contributed by atoms with van der Waals surface area (Å²) in [5.41, 5.74) is -0.444. The third-order valence-electron chi connectivity index (χ3n) is 1.77. The summed E-state index contributed by atoms with van der Waals surface area (Å²) in [7, 11) is 0. The second kappa shape index (κ2) is 4.09. The molecule has 4 nitrogen and oxygen atoms in total. The molecule has 6 heteroatoms. The first-order valence-corrected chi connectivity index (χ1v) is 4.33. The van der Waals surface area contributed by atoms with E-state index in [-0.39, 0.29) is 11.5 Å². The van der Waals surface area contributed by atoms with Crippen LogP contribution in [0.4, 0.5) is 8.78 Å². The summed E-state index contributed by atoms with van der Waals surface area (Å²) < 4.78 is 30.5. The van der Waals surface area contributed by atoms with E-state index >= 15 is 0 Å². The molecule has 0 fully saturated rings. The van der Waals surface area contributed by atoms with Crippen LogP contribution in [0.25, 0.3) is 0 Å². The molecule has 0 aliphatic rings. The van der Waals surface area contributed by atoms with Crippen LogP contribution < -0.4 is 10.3 Å². The van der Waals surface area contributed by atoms with Crippen LogP contribution >= 0.6 is 0 Å². The van der Waals surface area contributed by atoms with E-state index in [1.54, 1.807) is 0 Å². The van der Waals surface area contributed by atoms with Crippen LogP contribution in [-0.4, -0.2) is 10.2 Å². The van der Waals surface area contributed by atoms with E-state index in [0.29, 0.717) is 0 Å². The molecule has 0 aliphatic heterocycles. The largest absolute Gasteiger partial charge is 0.455 e. The molecule has 1 heterocycles. The Morgan fingerprint density at radius 3 is 2.62 bits per heavy atom. The molecule has 0 saturated heterocycles. The van der Waals surface area contributed by atoms with Gasteiger partial charge in [-0.3, -0.25) is 4.79 Å². The van der Waals surface area contributed by atoms with Gasteiger partial charge in [0.1, 0.15) is 5.75 Å². The number of benzene rings is 1. The first kappa shape index (κ1) is 10.3. The van der Waals surface area contributed by atoms with E-state index < -0.39 is 17.2 Å². The number of aromatic amines is 1. The number of ether oxygens (including phenoxy) is 1. The normalized spacial score (nSPS) is 10.1. The highest BCUT2D eigenvalue weighted by Gasteiger charge is 2.04. The highest BCUT2D eigenvalue weighted by atomic mass is 19.2. The van der Waals surface area contributed by atoms with E-state index in [1.165, 1.54) is 12.3 Å². The van der Waals surface area contributed by atoms with Gasteiger partial charge < -0.3 is 4.74 Å². The fourth-order valence-corrected chi connectivity index (χ4v) is 1.09. The molecule has 0 radical (unpaired) electrons. The zero-order valence-corrected chi connectivity index (χ0v) is 7.91. The van der Waals surface area contributed by atoms with Crippen molar-refractivity contribution < 1.29 is 13.5 Å². The smallest absolute Gasteiger partial charge is 0.267 e. The molecule has 0 unspecified atom stereocenters. The van der Waals surface area contributed by atoms with Gasteiger partial charge in [0, 0.05) is 12.1 Å². The quantitative estimate of drug-likeness (QED) is 0.846. The SMILES string of the molecule is O=c1cc(Oc2ccc(F)c(F)c2)cn[nH]1. The standard InChI is InChI=1S/C10H6F2N2O2/c11-8-2-1-6(3-9(8)12)16-7-4-10(15)14-13-5-7/h1-5H,(H,14,15). The fourth-order valence-electron chi connectivity index (χ4n) is 1.09. The molecule has 0 amide bonds. The van der Waals surface area contributed by atoms with Crippen molar-refractivity contribution >= 4 is 0 Å². The number of nitrogens with zero attached hydrogens (tertiary/aromatic N) is 1. The van der Waals surface area contributed by atoms with Crippen molar-refractivity contribution in [3.8, 4) is 11.5 Å². The predicted molar refractivity (Wildman–Crippen MR) is 51.3 cm³/mol. The fraction of sp³-hybridized carbons (Fsp3) is 0. The van der Waals surface area contributed by atoms with Crippen LogP contribution in [0.1, 0.15) is 0 Å². The zero-order valence-electron chi connectivity index (χ0n) is 7.91. The lowest BCUT2D eigenvalue weighted by Crippen LogP contribution is -2.05. The maximum absolute atomic E-state index is 12.8. The molecular formula is C10H6F2N2O2. The van der Waals surface area contributed by atoms with Crippen LogP contribution in [0.5, 0.6) is 11.5 Å². The molecule has 1 N–H and O–H groups in total. The Kier molecular flexibility index (Phi) is 2.63. The van der Waals surface area contributed by atoms with Crippen molar-refractivity contribution in [1.29, 1.82) is 0 Å². The van der Waals surface area contributed by atoms with Crippen LogP contribution in [0.2, 0.25) is 0 Å². The van der Waals surface area contributed by atoms with Gasteiger partial charge in [0.2, 0.25) is 0 Å². The van der Waals surface area contributed by atoms with E-state index in [1.807, 2.05) is 0 Å². The minimum atomic E-state index is -1.02. The number of rotatable bonds is 2. The molecule has 82 valence electrons. The molecule has 1 aromatic carbocycles. The molecule has 2 rings (SSSR count). The molecule has 0 atom stereocenters. The van der Waals surface area contributed by atoms with Crippen LogP contribution in [0, 0.1) is 11.6 Å². The first-order chi connectivity index (χ1) is 7.65. The molecule has 0 aliphatic carbocycles. The minimum Gasteiger partial charge on any atom is -0.455 e. The van der Waals surface area contributed by atoms with Crippen LogP contribution in [-0.2, 0) is 0 Å². The van der Waals surface area contributed by atoms with Gasteiger partial charge in [0.15, 0.2) is 17.4 Å². The molecule has 0 spiro atoms. The van der Waals surface area contributed by atoms with Crippen molar-refractivity contribution in [2.75, 3.05) is 0 Å². The highest BCUT2D eigenvalue weighted by molar-refractivity contribution is 5.29. The van der Waals surface area contributed by atoms with E-state index in [9.17, 15) is 13.6 Å². The summed E-state index contributed by atoms with van der Waals surface area (Å²) in [6.45, 7) is 0. The van der Waals surface area contributed by atoms with Gasteiger partial charge in [-0.15, -0.1) is 0 Å². The minimum absolute atomic E-state index is 0.0892. The van der Waals surface area contributed by atoms with Crippen LogP contribution in [0.3, 0.4) is 0 Å². The van der Waals surface area contributed by atoms with Gasteiger partial charge in [-0.25, -0.2) is 13.9 Å². The van der Waals surface area contributed by atoms with Crippen molar-refractivity contribution in [2.24, 2.45) is 0 Å². The summed E-state index contributed by atoms with van der Waals surface area (Å²) in [6.07, 6.45) is 1.25. The maximum Gasteiger partial charge on any atom is 0.267 e. The van der Waals surface area contributed by atoms with Crippen LogP contribution in [0.15, 0.2) is 35.3 Å². The Hall–Kier alpha value is -2.24. The molecule has 0 bridgehead atoms. The summed E-state index contributed by atoms with van der Waals surface area (Å²) >= 11 is 0. The van der Waals surface area contributed by atoms with Gasteiger partial charge in [0.25, 0.3) is 5.56 Å². The van der Waals surface area contributed by atoms with Crippen molar-refractivity contribution in [1.82, 2.24) is 10.2 Å². The van der Waals surface area contributed by atoms with Gasteiger partial charge in [-0.1, -0.05) is 0 Å². The van der Waals surface area contributed by atoms with Gasteiger partial charge in [-0.2, -0.15) is 5.10 Å². The Labute approximate surface area is 88.5 Å². The number of halogens is 2. The third-order valence-corrected chi connectivity index (χ3v) is 1.77. The van der Waals surface area contributed by atoms with Gasteiger partial charge in [0.05, 0.1) is 6.20 Å². The number of aromatic nitrogens is 2. The zero-order chi connectivity index (χ0) is 11.5. The first-order valence-electron chi connectivity index (χ1n) is 4.33. The summed E-state index contributed by atoms with van der Waals surface area (Å²) in [4.78, 5) is 10.9. The average Bonchev–Trinajstić information content (AvgIpc) is 2.24. The van der Waals surface area contributed by atoms with E-state index in [0.717, 1.165) is 18.2 Å². The van der Waals surface area contributed by atoms with Crippen molar-refractivity contribution in [2.45, 2.75) is 0 Å². The number of H-pyrrole nitrogens is 1. The summed E-state index contributed by atoms with van der Waals surface area (Å²) in [5.74, 6) is -1.74. The molecular weight excluding hydrogens is 218 g/mol. The lowest BCUT2D eigenvalue weighted by atomic mass is 10.3. The third kappa shape index (κ3) is 2.22. The Morgan fingerprint density at radius 1 is 1.12 bits per heavy atom. The van der Waals surface area contributed by atoms with E-state index in [4.69, 9.17) is 4.74 Å². The average molecular weight is 224 g/mol. The Balaban J connectivity index is 2.27. The monoisotopic (exact) mass is 224 g/mol. The number of nitrogens with one attached hydrogen (secondary N) is 1. The van der Waals surface area contributed by atoms with Gasteiger partial charge >= 0.3 is 0 Å². The van der Waals surface area contributed by atoms with E-state index in [2.05, 4.69) is 10.2 Å². The second-order valence-corrected chi connectivity index (χ2v) is 2.96. The van der Waals surface area contributed by atoms with Crippen molar-refractivity contribution in [3.63, 3.8) is 0 Å². The maximum atomic E-state index is 12.8. The predicted octanol–water partition coefficient (Wildman–Crippen LogP) is 1.84. The number of hydrogen-bond acceptors (Lipinski definition) is 3. The molecule has 2 aromatic rings. The molecule has 1 aromatic heterocycles. The summed E-state index contributed by atoms with van der Waals surface area (Å²) in [5, 5.41) is 5.65. The Bertz CT molecular complexity index is 569. The Morgan fingerprint density at radius 2 is 1.94 bits per heavy atom.